The van der Waals surface area contributed by atoms with Crippen molar-refractivity contribution in [3.8, 4) is 0 Å². The highest BCUT2D eigenvalue weighted by Crippen LogP contribution is 2.27. The van der Waals surface area contributed by atoms with Crippen LogP contribution in [-0.2, 0) is 14.9 Å². The van der Waals surface area contributed by atoms with Gasteiger partial charge in [0, 0.05) is 5.92 Å². The number of rotatable bonds is 2. The maximum Gasteiger partial charge on any atom is 0.271 e. The van der Waals surface area contributed by atoms with Crippen LogP contribution in [0.3, 0.4) is 0 Å². The molecule has 0 aliphatic heterocycles. The van der Waals surface area contributed by atoms with Gasteiger partial charge in [-0.1, -0.05) is 6.92 Å². The summed E-state index contributed by atoms with van der Waals surface area (Å²) in [6.45, 7) is 1.97. The minimum Gasteiger partial charge on any atom is -0.501 e. The molecule has 1 rings (SSSR count). The van der Waals surface area contributed by atoms with Gasteiger partial charge in [0.05, 0.1) is 12.9 Å². The minimum atomic E-state index is -3.95. The quantitative estimate of drug-likeness (QED) is 0.689. The van der Waals surface area contributed by atoms with Crippen molar-refractivity contribution in [2.45, 2.75) is 25.0 Å². The zero-order chi connectivity index (χ0) is 10.1. The summed E-state index contributed by atoms with van der Waals surface area (Å²) >= 11 is 0. The molecular weight excluding hydrogens is 192 g/mol. The van der Waals surface area contributed by atoms with E-state index in [1.807, 2.05) is 6.92 Å². The predicted octanol–water partition coefficient (Wildman–Crippen LogP) is 1.20. The fraction of sp³-hybridized carbons (Fsp3) is 0.750. The second kappa shape index (κ2) is 3.67. The van der Waals surface area contributed by atoms with Crippen molar-refractivity contribution in [1.82, 2.24) is 0 Å². The number of methoxy groups -OCH3 is 1. The largest absolute Gasteiger partial charge is 0.501 e. The summed E-state index contributed by atoms with van der Waals surface area (Å²) in [6.07, 6.45) is 2.68. The van der Waals surface area contributed by atoms with E-state index >= 15 is 0 Å². The molecule has 0 amide bonds. The Kier molecular flexibility index (Phi) is 2.98. The van der Waals surface area contributed by atoms with Crippen molar-refractivity contribution in [2.75, 3.05) is 7.11 Å². The van der Waals surface area contributed by atoms with Crippen molar-refractivity contribution >= 4 is 10.1 Å². The van der Waals surface area contributed by atoms with Crippen molar-refractivity contribution in [1.29, 1.82) is 0 Å². The summed E-state index contributed by atoms with van der Waals surface area (Å²) in [7, 11) is -2.44. The molecular formula is C8H14O4S. The molecule has 2 atom stereocenters. The third kappa shape index (κ3) is 2.45. The summed E-state index contributed by atoms with van der Waals surface area (Å²) in [5.74, 6) is 0.886. The fourth-order valence-electron chi connectivity index (χ4n) is 1.49. The maximum absolute atomic E-state index is 10.8. The Labute approximate surface area is 78.3 Å². The van der Waals surface area contributed by atoms with Crippen LogP contribution < -0.4 is 0 Å². The topological polar surface area (TPSA) is 63.6 Å². The highest BCUT2D eigenvalue weighted by molar-refractivity contribution is 7.86. The van der Waals surface area contributed by atoms with Crippen LogP contribution in [0.4, 0.5) is 0 Å². The van der Waals surface area contributed by atoms with Gasteiger partial charge in [-0.15, -0.1) is 0 Å². The Hall–Kier alpha value is -0.550. The van der Waals surface area contributed by atoms with Crippen LogP contribution in [0.25, 0.3) is 0 Å². The third-order valence-corrected chi connectivity index (χ3v) is 3.48. The molecule has 0 heterocycles. The van der Waals surface area contributed by atoms with Crippen molar-refractivity contribution in [2.24, 2.45) is 5.92 Å². The molecule has 5 heteroatoms. The number of ether oxygens (including phenoxy) is 1. The molecule has 1 N–H and O–H groups in total. The third-order valence-electron chi connectivity index (χ3n) is 2.34. The molecule has 0 fully saturated rings. The van der Waals surface area contributed by atoms with Crippen molar-refractivity contribution < 1.29 is 17.7 Å². The number of allylic oxidation sites excluding steroid dienone is 1. The lowest BCUT2D eigenvalue weighted by Gasteiger charge is -2.23. The molecule has 0 aromatic heterocycles. The van der Waals surface area contributed by atoms with Gasteiger partial charge in [-0.2, -0.15) is 8.42 Å². The van der Waals surface area contributed by atoms with E-state index in [2.05, 4.69) is 0 Å². The van der Waals surface area contributed by atoms with Crippen LogP contribution >= 0.6 is 0 Å². The van der Waals surface area contributed by atoms with E-state index in [1.165, 1.54) is 13.2 Å². The van der Waals surface area contributed by atoms with E-state index in [9.17, 15) is 8.42 Å². The van der Waals surface area contributed by atoms with Gasteiger partial charge in [0.1, 0.15) is 5.25 Å². The standard InChI is InChI=1S/C8H14O4S/c1-6-3-4-7(13(9,10)11)5-8(6)12-2/h5-7H,3-4H2,1-2H3,(H,9,10,11). The monoisotopic (exact) mass is 206 g/mol. The maximum atomic E-state index is 10.8. The Morgan fingerprint density at radius 3 is 2.62 bits per heavy atom. The van der Waals surface area contributed by atoms with Gasteiger partial charge >= 0.3 is 0 Å². The average molecular weight is 206 g/mol. The predicted molar refractivity (Wildman–Crippen MR) is 48.8 cm³/mol. The number of hydrogen-bond acceptors (Lipinski definition) is 3. The van der Waals surface area contributed by atoms with E-state index in [4.69, 9.17) is 9.29 Å². The lowest BCUT2D eigenvalue weighted by Crippen LogP contribution is -2.24. The average Bonchev–Trinajstić information content (AvgIpc) is 2.03. The highest BCUT2D eigenvalue weighted by atomic mass is 32.2. The second-order valence-corrected chi connectivity index (χ2v) is 4.94. The Morgan fingerprint density at radius 2 is 2.15 bits per heavy atom. The number of hydrogen-bond donors (Lipinski definition) is 1. The molecule has 1 aliphatic rings. The first-order valence-electron chi connectivity index (χ1n) is 4.17. The molecule has 4 nitrogen and oxygen atoms in total. The molecule has 13 heavy (non-hydrogen) atoms. The smallest absolute Gasteiger partial charge is 0.271 e. The van der Waals surface area contributed by atoms with Gasteiger partial charge in [-0.05, 0) is 18.9 Å². The van der Waals surface area contributed by atoms with Gasteiger partial charge < -0.3 is 4.74 Å². The molecule has 0 spiro atoms. The van der Waals surface area contributed by atoms with Gasteiger partial charge in [0.15, 0.2) is 0 Å². The summed E-state index contributed by atoms with van der Waals surface area (Å²) in [5.41, 5.74) is 0. The van der Waals surface area contributed by atoms with E-state index < -0.39 is 15.4 Å². The van der Waals surface area contributed by atoms with E-state index in [0.29, 0.717) is 12.2 Å². The van der Waals surface area contributed by atoms with E-state index in [-0.39, 0.29) is 5.92 Å². The molecule has 0 saturated carbocycles. The van der Waals surface area contributed by atoms with Gasteiger partial charge in [-0.25, -0.2) is 0 Å². The fourth-order valence-corrected chi connectivity index (χ4v) is 2.23. The van der Waals surface area contributed by atoms with Gasteiger partial charge in [-0.3, -0.25) is 4.55 Å². The van der Waals surface area contributed by atoms with E-state index in [0.717, 1.165) is 6.42 Å². The van der Waals surface area contributed by atoms with Crippen LogP contribution in [0.2, 0.25) is 0 Å². The van der Waals surface area contributed by atoms with Crippen molar-refractivity contribution in [3.63, 3.8) is 0 Å². The highest BCUT2D eigenvalue weighted by Gasteiger charge is 2.28. The van der Waals surface area contributed by atoms with Gasteiger partial charge in [0.25, 0.3) is 10.1 Å². The zero-order valence-electron chi connectivity index (χ0n) is 7.73. The summed E-state index contributed by atoms with van der Waals surface area (Å²) < 4.78 is 35.4. The van der Waals surface area contributed by atoms with Crippen LogP contribution in [0.1, 0.15) is 19.8 Å². The molecule has 76 valence electrons. The first-order chi connectivity index (χ1) is 5.95. The van der Waals surface area contributed by atoms with Gasteiger partial charge in [0.2, 0.25) is 0 Å². The first kappa shape index (κ1) is 10.5. The van der Waals surface area contributed by atoms with Crippen LogP contribution in [-0.4, -0.2) is 25.3 Å². The summed E-state index contributed by atoms with van der Waals surface area (Å²) in [6, 6.07) is 0. The summed E-state index contributed by atoms with van der Waals surface area (Å²) in [5, 5.41) is -0.793. The second-order valence-electron chi connectivity index (χ2n) is 3.30. The lowest BCUT2D eigenvalue weighted by atomic mass is 9.95. The van der Waals surface area contributed by atoms with E-state index in [1.54, 1.807) is 0 Å². The van der Waals surface area contributed by atoms with Crippen molar-refractivity contribution in [3.05, 3.63) is 11.8 Å². The Morgan fingerprint density at radius 1 is 1.54 bits per heavy atom. The lowest BCUT2D eigenvalue weighted by molar-refractivity contribution is 0.231. The Balaban J connectivity index is 2.90. The van der Waals surface area contributed by atoms with Crippen LogP contribution in [0, 0.1) is 5.92 Å². The SMILES string of the molecule is COC1=CC(S(=O)(=O)O)CCC1C. The molecule has 1 aliphatic carbocycles. The summed E-state index contributed by atoms with van der Waals surface area (Å²) in [4.78, 5) is 0. The molecule has 0 radical (unpaired) electrons. The normalized spacial score (nSPS) is 29.6. The molecule has 0 aromatic rings. The zero-order valence-corrected chi connectivity index (χ0v) is 8.54. The molecule has 0 saturated heterocycles. The van der Waals surface area contributed by atoms with Crippen LogP contribution in [0.15, 0.2) is 11.8 Å². The van der Waals surface area contributed by atoms with Crippen LogP contribution in [0.5, 0.6) is 0 Å². The molecule has 0 bridgehead atoms. The molecule has 0 aromatic carbocycles. The Bertz CT molecular complexity index is 304. The minimum absolute atomic E-state index is 0.239. The first-order valence-corrected chi connectivity index (χ1v) is 5.67. The molecule has 2 unspecified atom stereocenters.